The highest BCUT2D eigenvalue weighted by molar-refractivity contribution is 7.71. The van der Waals surface area contributed by atoms with Crippen LogP contribution in [0.3, 0.4) is 0 Å². The maximum atomic E-state index is 12.3. The first-order valence-electron chi connectivity index (χ1n) is 8.45. The summed E-state index contributed by atoms with van der Waals surface area (Å²) in [5, 5.41) is 9.92. The Kier molecular flexibility index (Phi) is 4.85. The molecule has 0 saturated heterocycles. The van der Waals surface area contributed by atoms with Gasteiger partial charge in [0, 0.05) is 25.9 Å². The number of hydrogen-bond donors (Lipinski definition) is 2. The van der Waals surface area contributed by atoms with Gasteiger partial charge in [-0.25, -0.2) is 0 Å². The molecule has 2 N–H and O–H groups in total. The Morgan fingerprint density at radius 3 is 2.71 bits per heavy atom. The van der Waals surface area contributed by atoms with Gasteiger partial charge in [-0.15, -0.1) is 0 Å². The maximum absolute atomic E-state index is 12.3. The van der Waals surface area contributed by atoms with Gasteiger partial charge in [0.2, 0.25) is 5.91 Å². The third kappa shape index (κ3) is 3.59. The quantitative estimate of drug-likeness (QED) is 0.792. The van der Waals surface area contributed by atoms with Gasteiger partial charge in [0.25, 0.3) is 0 Å². The van der Waals surface area contributed by atoms with Crippen LogP contribution in [0.25, 0.3) is 0 Å². The standard InChI is InChI=1S/C18H24N4OS/c1-11(2)12-4-6-13(7-5-12)14-10-15(14)17(23)19-9-8-16-20-21-18(24)22(16)3/h4-7,11,14-15H,8-10H2,1-3H3,(H,19,23)(H,21,24)/t14-,15+/m0/s1. The molecule has 0 radical (unpaired) electrons. The molecule has 1 saturated carbocycles. The summed E-state index contributed by atoms with van der Waals surface area (Å²) in [6, 6.07) is 8.69. The van der Waals surface area contributed by atoms with Gasteiger partial charge in [0.15, 0.2) is 4.77 Å². The van der Waals surface area contributed by atoms with Crippen molar-refractivity contribution in [2.75, 3.05) is 6.54 Å². The third-order valence-corrected chi connectivity index (χ3v) is 5.14. The molecule has 0 unspecified atom stereocenters. The summed E-state index contributed by atoms with van der Waals surface area (Å²) < 4.78 is 2.43. The van der Waals surface area contributed by atoms with E-state index in [0.29, 0.717) is 29.6 Å². The first kappa shape index (κ1) is 16.9. The molecule has 1 amide bonds. The molecule has 6 heteroatoms. The second-order valence-electron chi connectivity index (χ2n) is 6.82. The molecule has 0 spiro atoms. The van der Waals surface area contributed by atoms with Gasteiger partial charge in [0.05, 0.1) is 0 Å². The van der Waals surface area contributed by atoms with Crippen LogP contribution >= 0.6 is 12.2 Å². The molecular weight excluding hydrogens is 320 g/mol. The zero-order chi connectivity index (χ0) is 17.3. The zero-order valence-electron chi connectivity index (χ0n) is 14.4. The topological polar surface area (TPSA) is 62.7 Å². The fourth-order valence-corrected chi connectivity index (χ4v) is 3.16. The highest BCUT2D eigenvalue weighted by atomic mass is 32.1. The van der Waals surface area contributed by atoms with E-state index in [1.54, 1.807) is 0 Å². The monoisotopic (exact) mass is 344 g/mol. The van der Waals surface area contributed by atoms with Gasteiger partial charge in [0.1, 0.15) is 5.82 Å². The molecule has 0 aliphatic heterocycles. The largest absolute Gasteiger partial charge is 0.355 e. The van der Waals surface area contributed by atoms with E-state index >= 15 is 0 Å². The minimum absolute atomic E-state index is 0.109. The zero-order valence-corrected chi connectivity index (χ0v) is 15.2. The van der Waals surface area contributed by atoms with Crippen molar-refractivity contribution in [2.24, 2.45) is 13.0 Å². The molecule has 1 aromatic heterocycles. The Morgan fingerprint density at radius 1 is 1.42 bits per heavy atom. The molecule has 0 bridgehead atoms. The van der Waals surface area contributed by atoms with Gasteiger partial charge >= 0.3 is 0 Å². The van der Waals surface area contributed by atoms with Crippen molar-refractivity contribution in [3.63, 3.8) is 0 Å². The molecule has 1 aliphatic rings. The van der Waals surface area contributed by atoms with Crippen LogP contribution < -0.4 is 5.32 Å². The first-order valence-corrected chi connectivity index (χ1v) is 8.86. The Bertz CT molecular complexity index is 775. The molecule has 3 rings (SSSR count). The van der Waals surface area contributed by atoms with Crippen LogP contribution in [0.5, 0.6) is 0 Å². The third-order valence-electron chi connectivity index (χ3n) is 4.78. The van der Waals surface area contributed by atoms with Crippen molar-refractivity contribution in [1.82, 2.24) is 20.1 Å². The number of carbonyl (C=O) groups excluding carboxylic acids is 1. The lowest BCUT2D eigenvalue weighted by Gasteiger charge is -2.07. The Labute approximate surface area is 147 Å². The van der Waals surface area contributed by atoms with E-state index in [0.717, 1.165) is 12.2 Å². The lowest BCUT2D eigenvalue weighted by molar-refractivity contribution is -0.122. The number of benzene rings is 1. The second kappa shape index (κ2) is 6.89. The van der Waals surface area contributed by atoms with Crippen molar-refractivity contribution in [3.8, 4) is 0 Å². The smallest absolute Gasteiger partial charge is 0.223 e. The number of carbonyl (C=O) groups is 1. The molecular formula is C18H24N4OS. The van der Waals surface area contributed by atoms with Crippen LogP contribution in [0.2, 0.25) is 0 Å². The maximum Gasteiger partial charge on any atom is 0.223 e. The Balaban J connectivity index is 1.49. The second-order valence-corrected chi connectivity index (χ2v) is 7.20. The van der Waals surface area contributed by atoms with Crippen molar-refractivity contribution >= 4 is 18.1 Å². The van der Waals surface area contributed by atoms with Crippen LogP contribution in [0.15, 0.2) is 24.3 Å². The molecule has 1 aliphatic carbocycles. The van der Waals surface area contributed by atoms with E-state index in [2.05, 4.69) is 53.6 Å². The average Bonchev–Trinajstić information content (AvgIpc) is 3.31. The van der Waals surface area contributed by atoms with Crippen molar-refractivity contribution in [1.29, 1.82) is 0 Å². The number of rotatable bonds is 6. The van der Waals surface area contributed by atoms with E-state index in [1.165, 1.54) is 11.1 Å². The van der Waals surface area contributed by atoms with E-state index in [-0.39, 0.29) is 11.8 Å². The lowest BCUT2D eigenvalue weighted by atomic mass is 10.00. The van der Waals surface area contributed by atoms with Gasteiger partial charge in [-0.1, -0.05) is 38.1 Å². The highest BCUT2D eigenvalue weighted by Crippen LogP contribution is 2.47. The number of aromatic nitrogens is 3. The van der Waals surface area contributed by atoms with Crippen LogP contribution in [0.4, 0.5) is 0 Å². The van der Waals surface area contributed by atoms with Crippen molar-refractivity contribution in [2.45, 2.75) is 38.5 Å². The van der Waals surface area contributed by atoms with Crippen LogP contribution in [-0.2, 0) is 18.3 Å². The Hall–Kier alpha value is -1.95. The van der Waals surface area contributed by atoms with Gasteiger partial charge < -0.3 is 9.88 Å². The van der Waals surface area contributed by atoms with E-state index < -0.39 is 0 Å². The summed E-state index contributed by atoms with van der Waals surface area (Å²) in [5.74, 6) is 2.02. The molecule has 1 fully saturated rings. The minimum Gasteiger partial charge on any atom is -0.355 e. The molecule has 2 aromatic rings. The fraction of sp³-hybridized carbons (Fsp3) is 0.500. The number of amides is 1. The van der Waals surface area contributed by atoms with Crippen LogP contribution in [0.1, 0.15) is 49.1 Å². The van der Waals surface area contributed by atoms with Crippen LogP contribution in [-0.4, -0.2) is 27.2 Å². The summed E-state index contributed by atoms with van der Waals surface area (Å²) in [6.07, 6.45) is 1.62. The first-order chi connectivity index (χ1) is 11.5. The summed E-state index contributed by atoms with van der Waals surface area (Å²) >= 11 is 5.08. The minimum atomic E-state index is 0.109. The average molecular weight is 344 g/mol. The lowest BCUT2D eigenvalue weighted by Crippen LogP contribution is -2.28. The molecule has 128 valence electrons. The SMILES string of the molecule is CC(C)c1ccc([C@@H]2C[C@H]2C(=O)NCCc2n[nH]c(=S)n2C)cc1. The van der Waals surface area contributed by atoms with Crippen molar-refractivity contribution in [3.05, 3.63) is 46.0 Å². The number of nitrogens with one attached hydrogen (secondary N) is 2. The van der Waals surface area contributed by atoms with E-state index in [4.69, 9.17) is 12.2 Å². The predicted octanol–water partition coefficient (Wildman–Crippen LogP) is 3.06. The molecule has 5 nitrogen and oxygen atoms in total. The summed E-state index contributed by atoms with van der Waals surface area (Å²) in [4.78, 5) is 12.3. The van der Waals surface area contributed by atoms with E-state index in [1.807, 2.05) is 11.6 Å². The normalized spacial score (nSPS) is 19.5. The molecule has 24 heavy (non-hydrogen) atoms. The molecule has 1 aromatic carbocycles. The van der Waals surface area contributed by atoms with Crippen LogP contribution in [0, 0.1) is 10.7 Å². The number of nitrogens with zero attached hydrogens (tertiary/aromatic N) is 2. The Morgan fingerprint density at radius 2 is 2.12 bits per heavy atom. The van der Waals surface area contributed by atoms with Gasteiger partial charge in [-0.05, 0) is 41.6 Å². The fourth-order valence-electron chi connectivity index (χ4n) is 3.01. The number of aromatic amines is 1. The summed E-state index contributed by atoms with van der Waals surface area (Å²) in [7, 11) is 1.88. The summed E-state index contributed by atoms with van der Waals surface area (Å²) in [6.45, 7) is 4.97. The number of H-pyrrole nitrogens is 1. The number of hydrogen-bond acceptors (Lipinski definition) is 3. The van der Waals surface area contributed by atoms with Gasteiger partial charge in [-0.2, -0.15) is 5.10 Å². The van der Waals surface area contributed by atoms with E-state index in [9.17, 15) is 4.79 Å². The highest BCUT2D eigenvalue weighted by Gasteiger charge is 2.43. The van der Waals surface area contributed by atoms with Crippen molar-refractivity contribution < 1.29 is 4.79 Å². The predicted molar refractivity (Wildman–Crippen MR) is 96.5 cm³/mol. The van der Waals surface area contributed by atoms with Gasteiger partial charge in [-0.3, -0.25) is 9.89 Å². The molecule has 2 atom stereocenters. The summed E-state index contributed by atoms with van der Waals surface area (Å²) in [5.41, 5.74) is 2.61. The molecule has 1 heterocycles.